The molecule has 0 unspecified atom stereocenters. The third-order valence-electron chi connectivity index (χ3n) is 4.48. The van der Waals surface area contributed by atoms with Crippen molar-refractivity contribution in [1.29, 1.82) is 0 Å². The number of ether oxygens (including phenoxy) is 2. The van der Waals surface area contributed by atoms with Gasteiger partial charge in [0.25, 0.3) is 0 Å². The van der Waals surface area contributed by atoms with Gasteiger partial charge >= 0.3 is 0 Å². The zero-order chi connectivity index (χ0) is 17.1. The first kappa shape index (κ1) is 16.2. The maximum Gasteiger partial charge on any atom is 0.246 e. The minimum Gasteiger partial charge on any atom is -0.473 e. The van der Waals surface area contributed by atoms with Crippen molar-refractivity contribution in [2.24, 2.45) is 0 Å². The largest absolute Gasteiger partial charge is 0.473 e. The molecule has 0 bridgehead atoms. The van der Waals surface area contributed by atoms with Gasteiger partial charge in [0.05, 0.1) is 25.9 Å². The van der Waals surface area contributed by atoms with Gasteiger partial charge in [-0.1, -0.05) is 6.07 Å². The summed E-state index contributed by atoms with van der Waals surface area (Å²) in [5.74, 6) is 0.565. The predicted octanol–water partition coefficient (Wildman–Crippen LogP) is 2.39. The van der Waals surface area contributed by atoms with Crippen LogP contribution in [-0.4, -0.2) is 52.2 Å². The van der Waals surface area contributed by atoms with Crippen LogP contribution in [0.5, 0.6) is 5.88 Å². The quantitative estimate of drug-likeness (QED) is 0.786. The molecule has 4 heterocycles. The van der Waals surface area contributed by atoms with Crippen LogP contribution in [0, 0.1) is 0 Å². The van der Waals surface area contributed by atoms with E-state index in [1.807, 2.05) is 28.5 Å². The van der Waals surface area contributed by atoms with Gasteiger partial charge in [-0.3, -0.25) is 9.78 Å². The molecule has 25 heavy (non-hydrogen) atoms. The smallest absolute Gasteiger partial charge is 0.246 e. The molecular formula is C18H19N3O3S. The molecule has 0 N–H and O–H groups in total. The van der Waals surface area contributed by atoms with Gasteiger partial charge in [-0.2, -0.15) is 0 Å². The molecule has 2 aliphatic heterocycles. The van der Waals surface area contributed by atoms with Gasteiger partial charge in [-0.05, 0) is 17.5 Å². The first-order valence-electron chi connectivity index (χ1n) is 8.30. The summed E-state index contributed by atoms with van der Waals surface area (Å²) >= 11 is 1.62. The molecule has 1 spiro atoms. The van der Waals surface area contributed by atoms with Crippen LogP contribution >= 0.6 is 11.3 Å². The number of nitrogens with zero attached hydrogens (tertiary/aromatic N) is 3. The summed E-state index contributed by atoms with van der Waals surface area (Å²) < 4.78 is 11.9. The summed E-state index contributed by atoms with van der Waals surface area (Å²) in [6.45, 7) is 1.86. The van der Waals surface area contributed by atoms with Crippen LogP contribution in [0.3, 0.4) is 0 Å². The van der Waals surface area contributed by atoms with Crippen LogP contribution in [0.25, 0.3) is 6.08 Å². The molecule has 2 fully saturated rings. The molecule has 0 aliphatic carbocycles. The Hall–Kier alpha value is -2.25. The molecule has 2 aromatic rings. The van der Waals surface area contributed by atoms with E-state index in [1.54, 1.807) is 36.0 Å². The van der Waals surface area contributed by atoms with Gasteiger partial charge in [-0.15, -0.1) is 11.3 Å². The molecule has 6 nitrogen and oxygen atoms in total. The summed E-state index contributed by atoms with van der Waals surface area (Å²) in [5, 5.41) is 2.00. The second kappa shape index (κ2) is 6.93. The van der Waals surface area contributed by atoms with Gasteiger partial charge < -0.3 is 14.4 Å². The number of hydrogen-bond acceptors (Lipinski definition) is 6. The van der Waals surface area contributed by atoms with Gasteiger partial charge in [0.1, 0.15) is 11.7 Å². The SMILES string of the molecule is O=C(/C=C/c1cccs1)N1CC2(C[C@@H](Oc3cnccn3)CCO2)C1. The lowest BCUT2D eigenvalue weighted by atomic mass is 9.84. The van der Waals surface area contributed by atoms with Crippen molar-refractivity contribution >= 4 is 23.3 Å². The van der Waals surface area contributed by atoms with Crippen molar-refractivity contribution in [1.82, 2.24) is 14.9 Å². The molecule has 4 rings (SSSR count). The fourth-order valence-electron chi connectivity index (χ4n) is 3.27. The van der Waals surface area contributed by atoms with Crippen molar-refractivity contribution in [2.75, 3.05) is 19.7 Å². The lowest BCUT2D eigenvalue weighted by Gasteiger charge is -2.52. The highest BCUT2D eigenvalue weighted by Crippen LogP contribution is 2.35. The Bertz CT molecular complexity index is 742. The first-order chi connectivity index (χ1) is 12.2. The van der Waals surface area contributed by atoms with Crippen LogP contribution in [0.15, 0.2) is 42.2 Å². The van der Waals surface area contributed by atoms with Crippen molar-refractivity contribution in [2.45, 2.75) is 24.5 Å². The minimum atomic E-state index is -0.280. The molecule has 0 aromatic carbocycles. The summed E-state index contributed by atoms with van der Waals surface area (Å²) in [4.78, 5) is 23.3. The topological polar surface area (TPSA) is 64.6 Å². The van der Waals surface area contributed by atoms with Crippen LogP contribution in [0.2, 0.25) is 0 Å². The zero-order valence-electron chi connectivity index (χ0n) is 13.7. The number of amides is 1. The lowest BCUT2D eigenvalue weighted by Crippen LogP contribution is -2.67. The Morgan fingerprint density at radius 3 is 3.12 bits per heavy atom. The fraction of sp³-hybridized carbons (Fsp3) is 0.389. The van der Waals surface area contributed by atoms with E-state index in [0.717, 1.165) is 17.7 Å². The van der Waals surface area contributed by atoms with Gasteiger partial charge in [0.15, 0.2) is 0 Å². The summed E-state index contributed by atoms with van der Waals surface area (Å²) in [6, 6.07) is 3.96. The van der Waals surface area contributed by atoms with Crippen LogP contribution < -0.4 is 4.74 Å². The Labute approximate surface area is 150 Å². The lowest BCUT2D eigenvalue weighted by molar-refractivity contribution is -0.190. The average Bonchev–Trinajstić information content (AvgIpc) is 3.12. The molecule has 7 heteroatoms. The standard InChI is InChI=1S/C18H19N3O3S/c22-17(4-3-15-2-1-9-25-15)21-12-18(13-21)10-14(5-8-23-18)24-16-11-19-6-7-20-16/h1-4,6-7,9,11,14H,5,8,10,12-13H2/b4-3+/t14-/m0/s1. The van der Waals surface area contributed by atoms with E-state index >= 15 is 0 Å². The molecule has 0 radical (unpaired) electrons. The third kappa shape index (κ3) is 3.72. The minimum absolute atomic E-state index is 0.0274. The first-order valence-corrected chi connectivity index (χ1v) is 9.18. The number of thiophene rings is 1. The summed E-state index contributed by atoms with van der Waals surface area (Å²) in [5.41, 5.74) is -0.280. The average molecular weight is 357 g/mol. The molecule has 130 valence electrons. The Balaban J connectivity index is 1.31. The summed E-state index contributed by atoms with van der Waals surface area (Å²) in [7, 11) is 0. The van der Waals surface area contributed by atoms with E-state index in [0.29, 0.717) is 25.6 Å². The van der Waals surface area contributed by atoms with E-state index in [1.165, 1.54) is 0 Å². The normalized spacial score (nSPS) is 22.1. The number of rotatable bonds is 4. The van der Waals surface area contributed by atoms with Crippen molar-refractivity contribution in [3.05, 3.63) is 47.1 Å². The second-order valence-corrected chi connectivity index (χ2v) is 7.33. The van der Waals surface area contributed by atoms with Gasteiger partial charge in [0, 0.05) is 36.2 Å². The molecule has 2 saturated heterocycles. The molecule has 0 saturated carbocycles. The zero-order valence-corrected chi connectivity index (χ0v) is 14.5. The highest BCUT2D eigenvalue weighted by Gasteiger charge is 2.49. The van der Waals surface area contributed by atoms with E-state index in [4.69, 9.17) is 9.47 Å². The molecular weight excluding hydrogens is 338 g/mol. The Kier molecular flexibility index (Phi) is 4.50. The highest BCUT2D eigenvalue weighted by molar-refractivity contribution is 7.10. The van der Waals surface area contributed by atoms with E-state index in [2.05, 4.69) is 9.97 Å². The number of carbonyl (C=O) groups excluding carboxylic acids is 1. The van der Waals surface area contributed by atoms with Gasteiger partial charge in [0.2, 0.25) is 11.8 Å². The van der Waals surface area contributed by atoms with Crippen molar-refractivity contribution in [3.8, 4) is 5.88 Å². The molecule has 2 aliphatic rings. The third-order valence-corrected chi connectivity index (χ3v) is 5.32. The second-order valence-electron chi connectivity index (χ2n) is 6.35. The predicted molar refractivity (Wildman–Crippen MR) is 94.3 cm³/mol. The number of hydrogen-bond donors (Lipinski definition) is 0. The van der Waals surface area contributed by atoms with Crippen LogP contribution in [0.4, 0.5) is 0 Å². The maximum absolute atomic E-state index is 12.3. The van der Waals surface area contributed by atoms with Crippen LogP contribution in [-0.2, 0) is 9.53 Å². The number of aromatic nitrogens is 2. The fourth-order valence-corrected chi connectivity index (χ4v) is 3.89. The molecule has 2 aromatic heterocycles. The van der Waals surface area contributed by atoms with E-state index in [-0.39, 0.29) is 17.6 Å². The Morgan fingerprint density at radius 1 is 1.44 bits per heavy atom. The van der Waals surface area contributed by atoms with E-state index < -0.39 is 0 Å². The highest BCUT2D eigenvalue weighted by atomic mass is 32.1. The summed E-state index contributed by atoms with van der Waals surface area (Å²) in [6.07, 6.45) is 9.99. The number of carbonyl (C=O) groups is 1. The molecule has 1 atom stereocenters. The molecule has 1 amide bonds. The maximum atomic E-state index is 12.3. The van der Waals surface area contributed by atoms with E-state index in [9.17, 15) is 4.79 Å². The van der Waals surface area contributed by atoms with Gasteiger partial charge in [-0.25, -0.2) is 4.98 Å². The number of likely N-dealkylation sites (tertiary alicyclic amines) is 1. The monoisotopic (exact) mass is 357 g/mol. The van der Waals surface area contributed by atoms with Crippen molar-refractivity contribution in [3.63, 3.8) is 0 Å². The van der Waals surface area contributed by atoms with Crippen LogP contribution in [0.1, 0.15) is 17.7 Å². The Morgan fingerprint density at radius 2 is 2.36 bits per heavy atom. The van der Waals surface area contributed by atoms with Crippen molar-refractivity contribution < 1.29 is 14.3 Å².